The summed E-state index contributed by atoms with van der Waals surface area (Å²) >= 11 is 0. The molecule has 24 heavy (non-hydrogen) atoms. The third kappa shape index (κ3) is 2.99. The second kappa shape index (κ2) is 6.45. The van der Waals surface area contributed by atoms with Crippen molar-refractivity contribution < 1.29 is 13.9 Å². The Labute approximate surface area is 140 Å². The molecule has 2 aliphatic heterocycles. The monoisotopic (exact) mass is 329 g/mol. The van der Waals surface area contributed by atoms with Crippen LogP contribution >= 0.6 is 0 Å². The van der Waals surface area contributed by atoms with E-state index in [1.807, 2.05) is 24.5 Å². The highest BCUT2D eigenvalue weighted by atomic mass is 19.1. The first-order valence-electron chi connectivity index (χ1n) is 8.24. The van der Waals surface area contributed by atoms with E-state index in [1.165, 1.54) is 11.6 Å². The highest BCUT2D eigenvalue weighted by molar-refractivity contribution is 5.15. The summed E-state index contributed by atoms with van der Waals surface area (Å²) in [5, 5.41) is 0. The minimum absolute atomic E-state index is 0.0764. The van der Waals surface area contributed by atoms with Gasteiger partial charge in [-0.05, 0) is 36.2 Å². The maximum absolute atomic E-state index is 13.6. The fourth-order valence-electron chi connectivity index (χ4n) is 3.60. The highest BCUT2D eigenvalue weighted by Crippen LogP contribution is 2.40. The second-order valence-corrected chi connectivity index (χ2v) is 6.50. The number of aromatic nitrogens is 2. The van der Waals surface area contributed by atoms with Crippen molar-refractivity contribution >= 4 is 0 Å². The summed E-state index contributed by atoms with van der Waals surface area (Å²) in [6, 6.07) is 6.99. The summed E-state index contributed by atoms with van der Waals surface area (Å²) in [4.78, 5) is 10.3. The van der Waals surface area contributed by atoms with Crippen LogP contribution in [0.4, 0.5) is 4.39 Å². The summed E-state index contributed by atoms with van der Waals surface area (Å²) in [7, 11) is 0. The Morgan fingerprint density at radius 3 is 2.88 bits per heavy atom. The zero-order chi connectivity index (χ0) is 16.4. The summed E-state index contributed by atoms with van der Waals surface area (Å²) in [5.41, 5.74) is 1.10. The standard InChI is InChI=1S/C18H20FN3O2/c19-16-2-1-6-21-17(16)23-11-15-5-9-24-18(15)12-22(13-18)10-14-3-7-20-8-4-14/h1-4,6-8,15H,5,9-13H2/t15-/m0/s1. The van der Waals surface area contributed by atoms with Gasteiger partial charge in [0.25, 0.3) is 0 Å². The highest BCUT2D eigenvalue weighted by Gasteiger charge is 2.53. The maximum atomic E-state index is 13.6. The summed E-state index contributed by atoms with van der Waals surface area (Å²) in [5.74, 6) is -0.0708. The molecule has 2 aromatic rings. The molecule has 2 fully saturated rings. The van der Waals surface area contributed by atoms with E-state index in [0.717, 1.165) is 32.7 Å². The molecule has 0 bridgehead atoms. The van der Waals surface area contributed by atoms with Gasteiger partial charge in [0.05, 0.1) is 12.2 Å². The molecule has 1 spiro atoms. The Morgan fingerprint density at radius 1 is 1.25 bits per heavy atom. The average molecular weight is 329 g/mol. The number of hydrogen-bond acceptors (Lipinski definition) is 5. The Morgan fingerprint density at radius 2 is 2.08 bits per heavy atom. The fraction of sp³-hybridized carbons (Fsp3) is 0.444. The predicted molar refractivity (Wildman–Crippen MR) is 86.0 cm³/mol. The third-order valence-corrected chi connectivity index (χ3v) is 4.88. The van der Waals surface area contributed by atoms with E-state index in [0.29, 0.717) is 6.61 Å². The average Bonchev–Trinajstić information content (AvgIpc) is 2.99. The van der Waals surface area contributed by atoms with Crippen LogP contribution in [-0.4, -0.2) is 46.8 Å². The van der Waals surface area contributed by atoms with Crippen molar-refractivity contribution in [3.05, 3.63) is 54.2 Å². The van der Waals surface area contributed by atoms with E-state index >= 15 is 0 Å². The topological polar surface area (TPSA) is 47.5 Å². The molecular weight excluding hydrogens is 309 g/mol. The fourth-order valence-corrected chi connectivity index (χ4v) is 3.60. The van der Waals surface area contributed by atoms with Crippen LogP contribution in [0.1, 0.15) is 12.0 Å². The largest absolute Gasteiger partial charge is 0.475 e. The van der Waals surface area contributed by atoms with Gasteiger partial charge in [-0.2, -0.15) is 0 Å². The van der Waals surface area contributed by atoms with E-state index in [2.05, 4.69) is 14.9 Å². The minimum atomic E-state index is -0.418. The quantitative estimate of drug-likeness (QED) is 0.842. The summed E-state index contributed by atoms with van der Waals surface area (Å²) in [6.07, 6.45) is 6.11. The van der Waals surface area contributed by atoms with Gasteiger partial charge in [-0.3, -0.25) is 9.88 Å². The molecule has 0 unspecified atom stereocenters. The Hall–Kier alpha value is -2.05. The minimum Gasteiger partial charge on any atom is -0.475 e. The number of nitrogens with zero attached hydrogens (tertiary/aromatic N) is 3. The van der Waals surface area contributed by atoms with Gasteiger partial charge in [-0.15, -0.1) is 0 Å². The molecule has 2 aromatic heterocycles. The van der Waals surface area contributed by atoms with Gasteiger partial charge in [-0.25, -0.2) is 9.37 Å². The maximum Gasteiger partial charge on any atom is 0.250 e. The molecule has 2 saturated heterocycles. The van der Waals surface area contributed by atoms with E-state index in [4.69, 9.17) is 9.47 Å². The van der Waals surface area contributed by atoms with E-state index < -0.39 is 5.82 Å². The van der Waals surface area contributed by atoms with Crippen LogP contribution in [0, 0.1) is 11.7 Å². The second-order valence-electron chi connectivity index (χ2n) is 6.50. The smallest absolute Gasteiger partial charge is 0.250 e. The van der Waals surface area contributed by atoms with E-state index in [1.54, 1.807) is 12.3 Å². The molecule has 0 radical (unpaired) electrons. The van der Waals surface area contributed by atoms with Gasteiger partial charge in [-0.1, -0.05) is 0 Å². The van der Waals surface area contributed by atoms with Crippen LogP contribution in [-0.2, 0) is 11.3 Å². The lowest BCUT2D eigenvalue weighted by atomic mass is 9.81. The van der Waals surface area contributed by atoms with Crippen molar-refractivity contribution in [2.75, 3.05) is 26.3 Å². The number of rotatable bonds is 5. The van der Waals surface area contributed by atoms with E-state index in [-0.39, 0.29) is 17.4 Å². The van der Waals surface area contributed by atoms with Crippen LogP contribution in [0.5, 0.6) is 5.88 Å². The van der Waals surface area contributed by atoms with Gasteiger partial charge >= 0.3 is 0 Å². The van der Waals surface area contributed by atoms with Gasteiger partial charge in [0, 0.05) is 50.7 Å². The number of halogens is 1. The van der Waals surface area contributed by atoms with Gasteiger partial charge in [0.1, 0.15) is 0 Å². The van der Waals surface area contributed by atoms with Crippen molar-refractivity contribution in [3.8, 4) is 5.88 Å². The first-order valence-corrected chi connectivity index (χ1v) is 8.24. The van der Waals surface area contributed by atoms with Gasteiger partial charge in [0.2, 0.25) is 5.88 Å². The van der Waals surface area contributed by atoms with Gasteiger partial charge < -0.3 is 9.47 Å². The molecule has 4 heterocycles. The van der Waals surface area contributed by atoms with E-state index in [9.17, 15) is 4.39 Å². The van der Waals surface area contributed by atoms with Crippen molar-refractivity contribution in [1.29, 1.82) is 0 Å². The van der Waals surface area contributed by atoms with Crippen molar-refractivity contribution in [1.82, 2.24) is 14.9 Å². The van der Waals surface area contributed by atoms with Crippen LogP contribution in [0.25, 0.3) is 0 Å². The van der Waals surface area contributed by atoms with Gasteiger partial charge in [0.15, 0.2) is 5.82 Å². The molecular formula is C18H20FN3O2. The van der Waals surface area contributed by atoms with Crippen molar-refractivity contribution in [3.63, 3.8) is 0 Å². The molecule has 1 atom stereocenters. The molecule has 0 aromatic carbocycles. The molecule has 5 nitrogen and oxygen atoms in total. The number of likely N-dealkylation sites (tertiary alicyclic amines) is 1. The number of ether oxygens (including phenoxy) is 2. The molecule has 126 valence electrons. The normalized spacial score (nSPS) is 22.5. The van der Waals surface area contributed by atoms with Crippen molar-refractivity contribution in [2.24, 2.45) is 5.92 Å². The zero-order valence-electron chi connectivity index (χ0n) is 13.4. The molecule has 0 amide bonds. The molecule has 0 N–H and O–H groups in total. The first kappa shape index (κ1) is 15.5. The summed E-state index contributed by atoms with van der Waals surface area (Å²) < 4.78 is 25.3. The SMILES string of the molecule is Fc1cccnc1OC[C@@H]1CCOC12CN(Cc1ccncc1)C2. The number of pyridine rings is 2. The molecule has 6 heteroatoms. The van der Waals surface area contributed by atoms with Crippen LogP contribution in [0.2, 0.25) is 0 Å². The lowest BCUT2D eigenvalue weighted by Crippen LogP contribution is -2.64. The summed E-state index contributed by atoms with van der Waals surface area (Å²) in [6.45, 7) is 3.84. The van der Waals surface area contributed by atoms with Crippen LogP contribution < -0.4 is 4.74 Å². The van der Waals surface area contributed by atoms with Crippen LogP contribution in [0.15, 0.2) is 42.9 Å². The molecule has 0 aliphatic carbocycles. The number of hydrogen-bond donors (Lipinski definition) is 0. The first-order chi connectivity index (χ1) is 11.8. The van der Waals surface area contributed by atoms with Crippen molar-refractivity contribution in [2.45, 2.75) is 18.6 Å². The predicted octanol–water partition coefficient (Wildman–Crippen LogP) is 2.29. The Balaban J connectivity index is 1.34. The molecule has 2 aliphatic rings. The van der Waals surface area contributed by atoms with Crippen LogP contribution in [0.3, 0.4) is 0 Å². The Kier molecular flexibility index (Phi) is 4.16. The lowest BCUT2D eigenvalue weighted by Gasteiger charge is -2.50. The zero-order valence-corrected chi connectivity index (χ0v) is 13.4. The Bertz CT molecular complexity index is 692. The lowest BCUT2D eigenvalue weighted by molar-refractivity contribution is -0.140. The molecule has 4 rings (SSSR count). The molecule has 0 saturated carbocycles. The third-order valence-electron chi connectivity index (χ3n) is 4.88.